The third-order valence-electron chi connectivity index (χ3n) is 5.29. The fourth-order valence-corrected chi connectivity index (χ4v) is 4.22. The van der Waals surface area contributed by atoms with Crippen molar-refractivity contribution in [2.75, 3.05) is 19.6 Å². The first kappa shape index (κ1) is 19.4. The molecule has 0 amide bonds. The maximum absolute atomic E-state index is 13.4. The van der Waals surface area contributed by atoms with Gasteiger partial charge in [-0.1, -0.05) is 18.0 Å². The first-order valence-electron chi connectivity index (χ1n) is 9.68. The molecule has 0 spiro atoms. The SMILES string of the molecule is Fc1ccc(-c2cn(CCN3CCCCC3)c(=S)n2-c2ccc(Cl)cc2)cc1. The average Bonchev–Trinajstić information content (AvgIpc) is 3.05. The largest absolute Gasteiger partial charge is 0.322 e. The minimum Gasteiger partial charge on any atom is -0.322 e. The van der Waals surface area contributed by atoms with E-state index in [0.717, 1.165) is 47.9 Å². The van der Waals surface area contributed by atoms with E-state index in [9.17, 15) is 4.39 Å². The molecule has 3 nitrogen and oxygen atoms in total. The van der Waals surface area contributed by atoms with Gasteiger partial charge in [0.15, 0.2) is 4.77 Å². The quantitative estimate of drug-likeness (QED) is 0.477. The van der Waals surface area contributed by atoms with Crippen molar-refractivity contribution in [2.45, 2.75) is 25.8 Å². The molecule has 0 atom stereocenters. The fourth-order valence-electron chi connectivity index (χ4n) is 3.75. The van der Waals surface area contributed by atoms with Crippen LogP contribution in [0.2, 0.25) is 5.02 Å². The van der Waals surface area contributed by atoms with Gasteiger partial charge in [-0.25, -0.2) is 4.39 Å². The van der Waals surface area contributed by atoms with Crippen LogP contribution in [0.1, 0.15) is 19.3 Å². The summed E-state index contributed by atoms with van der Waals surface area (Å²) in [6.07, 6.45) is 5.96. The van der Waals surface area contributed by atoms with E-state index in [0.29, 0.717) is 5.02 Å². The Labute approximate surface area is 175 Å². The van der Waals surface area contributed by atoms with Gasteiger partial charge in [0.25, 0.3) is 0 Å². The molecule has 0 N–H and O–H groups in total. The summed E-state index contributed by atoms with van der Waals surface area (Å²) in [6.45, 7) is 4.15. The summed E-state index contributed by atoms with van der Waals surface area (Å²) in [5.41, 5.74) is 2.83. The van der Waals surface area contributed by atoms with Crippen molar-refractivity contribution in [3.63, 3.8) is 0 Å². The Bertz CT molecular complexity index is 986. The Hall–Kier alpha value is -1.95. The lowest BCUT2D eigenvalue weighted by Crippen LogP contribution is -2.32. The fraction of sp³-hybridized carbons (Fsp3) is 0.318. The molecule has 0 bridgehead atoms. The third kappa shape index (κ3) is 4.22. The van der Waals surface area contributed by atoms with E-state index in [2.05, 4.69) is 15.7 Å². The Morgan fingerprint density at radius 1 is 0.893 bits per heavy atom. The number of halogens is 2. The molecular weight excluding hydrogens is 393 g/mol. The number of rotatable bonds is 5. The lowest BCUT2D eigenvalue weighted by molar-refractivity contribution is 0.220. The van der Waals surface area contributed by atoms with Crippen LogP contribution in [0.4, 0.5) is 4.39 Å². The predicted octanol–water partition coefficient (Wildman–Crippen LogP) is 5.95. The van der Waals surface area contributed by atoms with Gasteiger partial charge in [-0.15, -0.1) is 0 Å². The van der Waals surface area contributed by atoms with E-state index in [1.54, 1.807) is 12.1 Å². The molecule has 1 fully saturated rings. The number of imidazole rings is 1. The van der Waals surface area contributed by atoms with Crippen LogP contribution >= 0.6 is 23.8 Å². The molecule has 4 rings (SSSR count). The summed E-state index contributed by atoms with van der Waals surface area (Å²) >= 11 is 11.9. The minimum atomic E-state index is -0.245. The van der Waals surface area contributed by atoms with Gasteiger partial charge in [0.2, 0.25) is 0 Å². The van der Waals surface area contributed by atoms with Crippen LogP contribution in [-0.2, 0) is 6.54 Å². The highest BCUT2D eigenvalue weighted by atomic mass is 35.5. The van der Waals surface area contributed by atoms with Gasteiger partial charge < -0.3 is 9.47 Å². The standard InChI is InChI=1S/C22H23ClFN3S/c23-18-6-10-20(11-7-18)27-21(17-4-8-19(24)9-5-17)16-26(22(27)28)15-14-25-12-2-1-3-13-25/h4-11,16H,1-3,12-15H2. The van der Waals surface area contributed by atoms with E-state index >= 15 is 0 Å². The lowest BCUT2D eigenvalue weighted by atomic mass is 10.1. The van der Waals surface area contributed by atoms with Crippen LogP contribution in [0, 0.1) is 10.6 Å². The van der Waals surface area contributed by atoms with Crippen molar-refractivity contribution in [1.29, 1.82) is 0 Å². The van der Waals surface area contributed by atoms with Crippen LogP contribution in [0.3, 0.4) is 0 Å². The number of benzene rings is 2. The lowest BCUT2D eigenvalue weighted by Gasteiger charge is -2.26. The monoisotopic (exact) mass is 415 g/mol. The van der Waals surface area contributed by atoms with E-state index in [1.807, 2.05) is 28.8 Å². The van der Waals surface area contributed by atoms with Crippen LogP contribution in [-0.4, -0.2) is 33.7 Å². The summed E-state index contributed by atoms with van der Waals surface area (Å²) in [7, 11) is 0. The molecule has 146 valence electrons. The maximum Gasteiger partial charge on any atom is 0.185 e. The molecule has 0 aliphatic carbocycles. The van der Waals surface area contributed by atoms with Gasteiger partial charge in [0, 0.05) is 35.6 Å². The average molecular weight is 416 g/mol. The second-order valence-corrected chi connectivity index (χ2v) is 8.01. The predicted molar refractivity (Wildman–Crippen MR) is 115 cm³/mol. The normalized spacial score (nSPS) is 15.1. The molecule has 1 aliphatic rings. The zero-order chi connectivity index (χ0) is 19.5. The number of likely N-dealkylation sites (tertiary alicyclic amines) is 1. The third-order valence-corrected chi connectivity index (χ3v) is 5.96. The van der Waals surface area contributed by atoms with E-state index < -0.39 is 0 Å². The van der Waals surface area contributed by atoms with Gasteiger partial charge in [0.1, 0.15) is 5.82 Å². The number of piperidine rings is 1. The molecule has 6 heteroatoms. The van der Waals surface area contributed by atoms with Crippen LogP contribution < -0.4 is 0 Å². The number of hydrogen-bond acceptors (Lipinski definition) is 2. The summed E-state index contributed by atoms with van der Waals surface area (Å²) in [5.74, 6) is -0.245. The molecular formula is C22H23ClFN3S. The van der Waals surface area contributed by atoms with Crippen molar-refractivity contribution < 1.29 is 4.39 Å². The Kier molecular flexibility index (Phi) is 5.95. The molecule has 3 aromatic rings. The van der Waals surface area contributed by atoms with Gasteiger partial charge in [-0.3, -0.25) is 4.57 Å². The first-order valence-corrected chi connectivity index (χ1v) is 10.5. The summed E-state index contributed by atoms with van der Waals surface area (Å²) in [4.78, 5) is 2.50. The van der Waals surface area contributed by atoms with Gasteiger partial charge >= 0.3 is 0 Å². The van der Waals surface area contributed by atoms with Crippen molar-refractivity contribution >= 4 is 23.8 Å². The topological polar surface area (TPSA) is 13.1 Å². The van der Waals surface area contributed by atoms with Crippen molar-refractivity contribution in [3.8, 4) is 16.9 Å². The van der Waals surface area contributed by atoms with Gasteiger partial charge in [-0.05, 0) is 86.7 Å². The summed E-state index contributed by atoms with van der Waals surface area (Å²) < 4.78 is 18.3. The molecule has 2 aromatic carbocycles. The zero-order valence-corrected chi connectivity index (χ0v) is 17.2. The Morgan fingerprint density at radius 2 is 1.57 bits per heavy atom. The number of aromatic nitrogens is 2. The van der Waals surface area contributed by atoms with Gasteiger partial charge in [0.05, 0.1) is 5.69 Å². The van der Waals surface area contributed by atoms with Crippen molar-refractivity contribution in [1.82, 2.24) is 14.0 Å². The second-order valence-electron chi connectivity index (χ2n) is 7.21. The number of hydrogen-bond donors (Lipinski definition) is 0. The van der Waals surface area contributed by atoms with E-state index in [4.69, 9.17) is 23.8 Å². The van der Waals surface area contributed by atoms with Crippen LogP contribution in [0.5, 0.6) is 0 Å². The Morgan fingerprint density at radius 3 is 2.25 bits per heavy atom. The molecule has 0 unspecified atom stereocenters. The molecule has 1 aromatic heterocycles. The molecule has 2 heterocycles. The van der Waals surface area contributed by atoms with Crippen LogP contribution in [0.15, 0.2) is 54.7 Å². The van der Waals surface area contributed by atoms with Crippen LogP contribution in [0.25, 0.3) is 16.9 Å². The zero-order valence-electron chi connectivity index (χ0n) is 15.7. The highest BCUT2D eigenvalue weighted by Crippen LogP contribution is 2.26. The molecule has 28 heavy (non-hydrogen) atoms. The second kappa shape index (κ2) is 8.60. The van der Waals surface area contributed by atoms with Crippen molar-refractivity contribution in [3.05, 3.63) is 70.3 Å². The molecule has 1 saturated heterocycles. The molecule has 0 radical (unpaired) electrons. The van der Waals surface area contributed by atoms with E-state index in [-0.39, 0.29) is 5.82 Å². The molecule has 0 saturated carbocycles. The summed E-state index contributed by atoms with van der Waals surface area (Å²) in [5, 5.41) is 0.683. The Balaban J connectivity index is 1.71. The summed E-state index contributed by atoms with van der Waals surface area (Å²) in [6, 6.07) is 14.2. The smallest absolute Gasteiger partial charge is 0.185 e. The minimum absolute atomic E-state index is 0.245. The molecule has 1 aliphatic heterocycles. The highest BCUT2D eigenvalue weighted by Gasteiger charge is 2.15. The van der Waals surface area contributed by atoms with Gasteiger partial charge in [-0.2, -0.15) is 0 Å². The maximum atomic E-state index is 13.4. The first-order chi connectivity index (χ1) is 13.6. The van der Waals surface area contributed by atoms with Crippen molar-refractivity contribution in [2.24, 2.45) is 0 Å². The number of nitrogens with zero attached hydrogens (tertiary/aromatic N) is 3. The highest BCUT2D eigenvalue weighted by molar-refractivity contribution is 7.71. The van der Waals surface area contributed by atoms with E-state index in [1.165, 1.54) is 31.4 Å².